The van der Waals surface area contributed by atoms with Crippen LogP contribution in [0.15, 0.2) is 18.2 Å². The molecular weight excluding hydrogens is 277 g/mol. The number of carbonyl (C=O) groups is 1. The van der Waals surface area contributed by atoms with Crippen LogP contribution in [0.5, 0.6) is 0 Å². The molecular formula is C12H9Cl2NOS. The molecule has 1 heterocycles. The summed E-state index contributed by atoms with van der Waals surface area (Å²) in [6.45, 7) is 3.38. The Hall–Kier alpha value is -0.900. The molecule has 0 saturated carbocycles. The Morgan fingerprint density at radius 2 is 2.06 bits per heavy atom. The van der Waals surface area contributed by atoms with Crippen LogP contribution in [0.2, 0.25) is 10.0 Å². The summed E-state index contributed by atoms with van der Waals surface area (Å²) in [5.74, 6) is -0.0124. The van der Waals surface area contributed by atoms with Gasteiger partial charge in [0.2, 0.25) is 0 Å². The number of benzene rings is 1. The van der Waals surface area contributed by atoms with E-state index in [1.807, 2.05) is 13.0 Å². The van der Waals surface area contributed by atoms with E-state index >= 15 is 0 Å². The topological polar surface area (TPSA) is 30.0 Å². The molecule has 0 aliphatic rings. The van der Waals surface area contributed by atoms with Gasteiger partial charge in [-0.15, -0.1) is 11.3 Å². The number of ketones is 1. The molecule has 1 aromatic carbocycles. The van der Waals surface area contributed by atoms with Crippen molar-refractivity contribution in [2.24, 2.45) is 0 Å². The van der Waals surface area contributed by atoms with Crippen LogP contribution in [0, 0.1) is 6.92 Å². The van der Waals surface area contributed by atoms with Gasteiger partial charge in [-0.2, -0.15) is 0 Å². The molecule has 0 atom stereocenters. The number of aromatic nitrogens is 1. The number of thiazole rings is 1. The number of rotatable bonds is 2. The van der Waals surface area contributed by atoms with Gasteiger partial charge in [0.05, 0.1) is 25.6 Å². The Bertz CT molecular complexity index is 592. The van der Waals surface area contributed by atoms with Crippen molar-refractivity contribution >= 4 is 40.3 Å². The van der Waals surface area contributed by atoms with E-state index in [9.17, 15) is 4.79 Å². The number of hydrogen-bond donors (Lipinski definition) is 0. The lowest BCUT2D eigenvalue weighted by atomic mass is 10.1. The molecule has 0 spiro atoms. The lowest BCUT2D eigenvalue weighted by molar-refractivity contribution is 0.102. The summed E-state index contributed by atoms with van der Waals surface area (Å²) in [5.41, 5.74) is 1.32. The fraction of sp³-hybridized carbons (Fsp3) is 0.167. The Labute approximate surface area is 113 Å². The van der Waals surface area contributed by atoms with Crippen molar-refractivity contribution in [3.8, 4) is 11.3 Å². The molecule has 2 nitrogen and oxygen atoms in total. The van der Waals surface area contributed by atoms with Crippen LogP contribution < -0.4 is 0 Å². The van der Waals surface area contributed by atoms with Gasteiger partial charge in [0.25, 0.3) is 0 Å². The van der Waals surface area contributed by atoms with Crippen molar-refractivity contribution in [3.05, 3.63) is 38.1 Å². The van der Waals surface area contributed by atoms with Gasteiger partial charge in [-0.3, -0.25) is 4.79 Å². The zero-order valence-corrected chi connectivity index (χ0v) is 11.6. The quantitative estimate of drug-likeness (QED) is 0.753. The summed E-state index contributed by atoms with van der Waals surface area (Å²) in [6, 6.07) is 5.32. The summed E-state index contributed by atoms with van der Waals surface area (Å²) in [6.07, 6.45) is 0. The zero-order valence-electron chi connectivity index (χ0n) is 9.25. The summed E-state index contributed by atoms with van der Waals surface area (Å²) in [5, 5.41) is 1.73. The van der Waals surface area contributed by atoms with Gasteiger partial charge in [-0.05, 0) is 13.0 Å². The van der Waals surface area contributed by atoms with Crippen molar-refractivity contribution < 1.29 is 4.79 Å². The standard InChI is InChI=1S/C12H9Cl2NOS/c1-6(16)12-11(15-7(2)17-12)8-4-3-5-9(13)10(8)14/h3-5H,1-2H3. The van der Waals surface area contributed by atoms with E-state index < -0.39 is 0 Å². The van der Waals surface area contributed by atoms with Gasteiger partial charge in [0.15, 0.2) is 5.78 Å². The minimum absolute atomic E-state index is 0.0124. The van der Waals surface area contributed by atoms with E-state index in [2.05, 4.69) is 4.98 Å². The first-order valence-electron chi connectivity index (χ1n) is 4.93. The molecule has 0 amide bonds. The van der Waals surface area contributed by atoms with E-state index in [1.54, 1.807) is 12.1 Å². The van der Waals surface area contributed by atoms with E-state index in [0.717, 1.165) is 5.01 Å². The minimum atomic E-state index is -0.0124. The smallest absolute Gasteiger partial charge is 0.172 e. The second kappa shape index (κ2) is 4.77. The van der Waals surface area contributed by atoms with Crippen molar-refractivity contribution in [3.63, 3.8) is 0 Å². The summed E-state index contributed by atoms with van der Waals surface area (Å²) in [4.78, 5) is 16.5. The SMILES string of the molecule is CC(=O)c1sc(C)nc1-c1cccc(Cl)c1Cl. The first kappa shape index (κ1) is 12.6. The number of Topliss-reactive ketones (excluding diaryl/α,β-unsaturated/α-hetero) is 1. The van der Waals surface area contributed by atoms with E-state index in [-0.39, 0.29) is 5.78 Å². The maximum Gasteiger partial charge on any atom is 0.172 e. The minimum Gasteiger partial charge on any atom is -0.294 e. The van der Waals surface area contributed by atoms with Crippen LogP contribution in [0.4, 0.5) is 0 Å². The second-order valence-electron chi connectivity index (χ2n) is 3.57. The third kappa shape index (κ3) is 2.37. The number of nitrogens with zero attached hydrogens (tertiary/aromatic N) is 1. The third-order valence-corrected chi connectivity index (χ3v) is 4.15. The predicted octanol–water partition coefficient (Wildman–Crippen LogP) is 4.63. The fourth-order valence-corrected chi connectivity index (χ4v) is 2.75. The molecule has 0 fully saturated rings. The predicted molar refractivity (Wildman–Crippen MR) is 72.3 cm³/mol. The van der Waals surface area contributed by atoms with Gasteiger partial charge < -0.3 is 0 Å². The van der Waals surface area contributed by atoms with Gasteiger partial charge >= 0.3 is 0 Å². The van der Waals surface area contributed by atoms with Crippen molar-refractivity contribution in [1.29, 1.82) is 0 Å². The molecule has 0 aliphatic heterocycles. The molecule has 0 radical (unpaired) electrons. The highest BCUT2D eigenvalue weighted by Crippen LogP contribution is 2.36. The molecule has 17 heavy (non-hydrogen) atoms. The highest BCUT2D eigenvalue weighted by Gasteiger charge is 2.18. The van der Waals surface area contributed by atoms with E-state index in [4.69, 9.17) is 23.2 Å². The lowest BCUT2D eigenvalue weighted by Crippen LogP contribution is -1.92. The van der Waals surface area contributed by atoms with E-state index in [0.29, 0.717) is 26.2 Å². The van der Waals surface area contributed by atoms with E-state index in [1.165, 1.54) is 18.3 Å². The van der Waals surface area contributed by atoms with Gasteiger partial charge in [-0.25, -0.2) is 4.98 Å². The Balaban J connectivity index is 2.68. The van der Waals surface area contributed by atoms with Gasteiger partial charge in [-0.1, -0.05) is 35.3 Å². The van der Waals surface area contributed by atoms with Crippen molar-refractivity contribution in [1.82, 2.24) is 4.98 Å². The molecule has 2 aromatic rings. The first-order valence-corrected chi connectivity index (χ1v) is 6.50. The maximum atomic E-state index is 11.5. The van der Waals surface area contributed by atoms with Gasteiger partial charge in [0.1, 0.15) is 0 Å². The largest absolute Gasteiger partial charge is 0.294 e. The van der Waals surface area contributed by atoms with Crippen LogP contribution in [-0.2, 0) is 0 Å². The van der Waals surface area contributed by atoms with Crippen molar-refractivity contribution in [2.75, 3.05) is 0 Å². The molecule has 0 N–H and O–H groups in total. The fourth-order valence-electron chi connectivity index (χ4n) is 1.53. The molecule has 5 heteroatoms. The van der Waals surface area contributed by atoms with Gasteiger partial charge in [0, 0.05) is 12.5 Å². The van der Waals surface area contributed by atoms with Crippen LogP contribution in [0.1, 0.15) is 21.6 Å². The molecule has 0 aliphatic carbocycles. The Morgan fingerprint density at radius 1 is 1.35 bits per heavy atom. The number of aryl methyl sites for hydroxylation is 1. The van der Waals surface area contributed by atoms with Crippen LogP contribution in [0.25, 0.3) is 11.3 Å². The monoisotopic (exact) mass is 285 g/mol. The third-order valence-electron chi connectivity index (χ3n) is 2.26. The molecule has 1 aromatic heterocycles. The summed E-state index contributed by atoms with van der Waals surface area (Å²) in [7, 11) is 0. The summed E-state index contributed by atoms with van der Waals surface area (Å²) < 4.78 is 0. The average molecular weight is 286 g/mol. The molecule has 0 saturated heterocycles. The Morgan fingerprint density at radius 3 is 2.71 bits per heavy atom. The first-order chi connectivity index (χ1) is 8.00. The summed E-state index contributed by atoms with van der Waals surface area (Å²) >= 11 is 13.5. The second-order valence-corrected chi connectivity index (χ2v) is 5.56. The highest BCUT2D eigenvalue weighted by molar-refractivity contribution is 7.14. The van der Waals surface area contributed by atoms with Crippen LogP contribution in [-0.4, -0.2) is 10.8 Å². The molecule has 2 rings (SSSR count). The lowest BCUT2D eigenvalue weighted by Gasteiger charge is -2.04. The average Bonchev–Trinajstić information content (AvgIpc) is 2.64. The molecule has 0 unspecified atom stereocenters. The Kier molecular flexibility index (Phi) is 3.52. The number of hydrogen-bond acceptors (Lipinski definition) is 3. The zero-order chi connectivity index (χ0) is 12.6. The molecule has 88 valence electrons. The number of halogens is 2. The van der Waals surface area contributed by atoms with Crippen molar-refractivity contribution in [2.45, 2.75) is 13.8 Å². The van der Waals surface area contributed by atoms with Crippen LogP contribution >= 0.6 is 34.5 Å². The molecule has 0 bridgehead atoms. The number of carbonyl (C=O) groups excluding carboxylic acids is 1. The van der Waals surface area contributed by atoms with Crippen LogP contribution in [0.3, 0.4) is 0 Å². The normalized spacial score (nSPS) is 10.6. The highest BCUT2D eigenvalue weighted by atomic mass is 35.5. The maximum absolute atomic E-state index is 11.5.